The van der Waals surface area contributed by atoms with Crippen LogP contribution in [0, 0.1) is 0 Å². The van der Waals surface area contributed by atoms with Gasteiger partial charge in [-0.1, -0.05) is 6.07 Å². The fourth-order valence-electron chi connectivity index (χ4n) is 1.96. The Balaban J connectivity index is 2.04. The number of nitrogens with zero attached hydrogens (tertiary/aromatic N) is 3. The third-order valence-corrected chi connectivity index (χ3v) is 3.32. The predicted molar refractivity (Wildman–Crippen MR) is 68.1 cm³/mol. The lowest BCUT2D eigenvalue weighted by atomic mass is 10.3. The zero-order valence-corrected chi connectivity index (χ0v) is 10.5. The number of pyridine rings is 1. The van der Waals surface area contributed by atoms with Crippen molar-refractivity contribution in [2.24, 2.45) is 0 Å². The Morgan fingerprint density at radius 3 is 2.81 bits per heavy atom. The van der Waals surface area contributed by atoms with Crippen molar-refractivity contribution in [3.05, 3.63) is 23.9 Å². The molecule has 0 N–H and O–H groups in total. The molecule has 0 bridgehead atoms. The van der Waals surface area contributed by atoms with Crippen molar-refractivity contribution in [3.63, 3.8) is 0 Å². The summed E-state index contributed by atoms with van der Waals surface area (Å²) in [5.41, 5.74) is 1.08. The third kappa shape index (κ3) is 2.86. The second-order valence-electron chi connectivity index (χ2n) is 4.30. The molecule has 2 rings (SSSR count). The molecule has 1 fully saturated rings. The summed E-state index contributed by atoms with van der Waals surface area (Å²) in [7, 11) is 2.17. The van der Waals surface area contributed by atoms with E-state index in [4.69, 9.17) is 11.6 Å². The number of hydrogen-bond acceptors (Lipinski definition) is 3. The number of alkyl halides is 1. The molecule has 2 heterocycles. The van der Waals surface area contributed by atoms with Gasteiger partial charge in [0.2, 0.25) is 0 Å². The molecule has 0 unspecified atom stereocenters. The molecule has 88 valence electrons. The Morgan fingerprint density at radius 1 is 1.25 bits per heavy atom. The summed E-state index contributed by atoms with van der Waals surface area (Å²) in [6.07, 6.45) is 3.08. The van der Waals surface area contributed by atoms with Gasteiger partial charge < -0.3 is 9.80 Å². The molecule has 0 aromatic carbocycles. The van der Waals surface area contributed by atoms with E-state index in [0.29, 0.717) is 5.88 Å². The molecule has 16 heavy (non-hydrogen) atoms. The van der Waals surface area contributed by atoms with Crippen LogP contribution < -0.4 is 4.90 Å². The van der Waals surface area contributed by atoms with E-state index in [2.05, 4.69) is 34.0 Å². The Labute approximate surface area is 102 Å². The molecule has 0 amide bonds. The maximum absolute atomic E-state index is 5.75. The van der Waals surface area contributed by atoms with Crippen LogP contribution in [0.4, 0.5) is 5.82 Å². The number of hydrogen-bond donors (Lipinski definition) is 0. The van der Waals surface area contributed by atoms with Gasteiger partial charge in [-0.05, 0) is 31.6 Å². The van der Waals surface area contributed by atoms with Crippen LogP contribution in [0.3, 0.4) is 0 Å². The number of anilines is 1. The molecule has 1 aliphatic heterocycles. The molecule has 0 spiro atoms. The van der Waals surface area contributed by atoms with Gasteiger partial charge in [0.15, 0.2) is 0 Å². The lowest BCUT2D eigenvalue weighted by molar-refractivity contribution is 0.360. The largest absolute Gasteiger partial charge is 0.355 e. The maximum Gasteiger partial charge on any atom is 0.128 e. The van der Waals surface area contributed by atoms with Crippen LogP contribution in [-0.4, -0.2) is 43.1 Å². The van der Waals surface area contributed by atoms with Gasteiger partial charge in [0, 0.05) is 31.7 Å². The number of rotatable bonds is 2. The molecule has 3 nitrogen and oxygen atoms in total. The first kappa shape index (κ1) is 11.7. The predicted octanol–water partition coefficient (Wildman–Crippen LogP) is 1.96. The van der Waals surface area contributed by atoms with E-state index in [1.54, 1.807) is 0 Å². The second kappa shape index (κ2) is 5.51. The van der Waals surface area contributed by atoms with Crippen LogP contribution in [0.1, 0.15) is 12.0 Å². The number of halogens is 1. The topological polar surface area (TPSA) is 19.4 Å². The van der Waals surface area contributed by atoms with Crippen molar-refractivity contribution in [2.45, 2.75) is 12.3 Å². The summed E-state index contributed by atoms with van der Waals surface area (Å²) >= 11 is 5.75. The minimum absolute atomic E-state index is 0.538. The van der Waals surface area contributed by atoms with Crippen LogP contribution >= 0.6 is 11.6 Å². The second-order valence-corrected chi connectivity index (χ2v) is 4.57. The van der Waals surface area contributed by atoms with Crippen molar-refractivity contribution in [1.82, 2.24) is 9.88 Å². The van der Waals surface area contributed by atoms with Gasteiger partial charge in [0.25, 0.3) is 0 Å². The van der Waals surface area contributed by atoms with Crippen molar-refractivity contribution >= 4 is 17.4 Å². The SMILES string of the molecule is CN1CCCN(c2ccc(CCl)cn2)CC1. The standard InChI is InChI=1S/C12H18ClN3/c1-15-5-2-6-16(8-7-15)12-4-3-11(9-13)10-14-12/h3-4,10H,2,5-9H2,1H3. The Bertz CT molecular complexity index is 326. The zero-order valence-electron chi connectivity index (χ0n) is 9.69. The summed E-state index contributed by atoms with van der Waals surface area (Å²) in [6.45, 7) is 4.44. The average Bonchev–Trinajstić information content (AvgIpc) is 2.54. The minimum Gasteiger partial charge on any atom is -0.355 e. The highest BCUT2D eigenvalue weighted by Crippen LogP contribution is 2.14. The molecule has 1 saturated heterocycles. The molecule has 1 aromatic rings. The molecule has 1 aliphatic rings. The van der Waals surface area contributed by atoms with Crippen molar-refractivity contribution in [1.29, 1.82) is 0 Å². The molecule has 0 radical (unpaired) electrons. The highest BCUT2D eigenvalue weighted by molar-refractivity contribution is 6.17. The quantitative estimate of drug-likeness (QED) is 0.736. The van der Waals surface area contributed by atoms with E-state index in [0.717, 1.165) is 31.0 Å². The van der Waals surface area contributed by atoms with Crippen LogP contribution in [0.5, 0.6) is 0 Å². The lowest BCUT2D eigenvalue weighted by Crippen LogP contribution is -2.29. The van der Waals surface area contributed by atoms with Gasteiger partial charge in [-0.3, -0.25) is 0 Å². The van der Waals surface area contributed by atoms with Crippen LogP contribution in [0.25, 0.3) is 0 Å². The average molecular weight is 240 g/mol. The smallest absolute Gasteiger partial charge is 0.128 e. The van der Waals surface area contributed by atoms with E-state index < -0.39 is 0 Å². The molecule has 0 atom stereocenters. The van der Waals surface area contributed by atoms with Crippen molar-refractivity contribution in [3.8, 4) is 0 Å². The normalized spacial score (nSPS) is 18.5. The highest BCUT2D eigenvalue weighted by atomic mass is 35.5. The summed E-state index contributed by atoms with van der Waals surface area (Å²) in [4.78, 5) is 9.18. The molecule has 4 heteroatoms. The summed E-state index contributed by atoms with van der Waals surface area (Å²) in [5, 5.41) is 0. The van der Waals surface area contributed by atoms with E-state index >= 15 is 0 Å². The first-order valence-electron chi connectivity index (χ1n) is 5.74. The van der Waals surface area contributed by atoms with E-state index in [1.807, 2.05) is 6.20 Å². The third-order valence-electron chi connectivity index (χ3n) is 3.01. The monoisotopic (exact) mass is 239 g/mol. The van der Waals surface area contributed by atoms with Gasteiger partial charge in [-0.25, -0.2) is 4.98 Å². The van der Waals surface area contributed by atoms with Gasteiger partial charge in [0.1, 0.15) is 5.82 Å². The van der Waals surface area contributed by atoms with E-state index in [9.17, 15) is 0 Å². The van der Waals surface area contributed by atoms with Gasteiger partial charge in [-0.15, -0.1) is 11.6 Å². The highest BCUT2D eigenvalue weighted by Gasteiger charge is 2.13. The summed E-state index contributed by atoms with van der Waals surface area (Å²) in [6, 6.07) is 4.13. The Hall–Kier alpha value is -0.800. The Kier molecular flexibility index (Phi) is 4.02. The van der Waals surface area contributed by atoms with Crippen molar-refractivity contribution < 1.29 is 0 Å². The van der Waals surface area contributed by atoms with Crippen LogP contribution in [0.2, 0.25) is 0 Å². The van der Waals surface area contributed by atoms with Gasteiger partial charge in [-0.2, -0.15) is 0 Å². The molecular weight excluding hydrogens is 222 g/mol. The molecule has 0 saturated carbocycles. The van der Waals surface area contributed by atoms with E-state index in [-0.39, 0.29) is 0 Å². The minimum atomic E-state index is 0.538. The van der Waals surface area contributed by atoms with Gasteiger partial charge >= 0.3 is 0 Å². The first-order valence-corrected chi connectivity index (χ1v) is 6.27. The van der Waals surface area contributed by atoms with Gasteiger partial charge in [0.05, 0.1) is 0 Å². The Morgan fingerprint density at radius 2 is 2.12 bits per heavy atom. The molecule has 0 aliphatic carbocycles. The first-order chi connectivity index (χ1) is 7.79. The van der Waals surface area contributed by atoms with Crippen LogP contribution in [0.15, 0.2) is 18.3 Å². The number of aromatic nitrogens is 1. The van der Waals surface area contributed by atoms with E-state index in [1.165, 1.54) is 13.0 Å². The van der Waals surface area contributed by atoms with Crippen LogP contribution in [-0.2, 0) is 5.88 Å². The zero-order chi connectivity index (χ0) is 11.4. The molecular formula is C12H18ClN3. The summed E-state index contributed by atoms with van der Waals surface area (Å²) in [5.74, 6) is 1.61. The fourth-order valence-corrected chi connectivity index (χ4v) is 2.12. The lowest BCUT2D eigenvalue weighted by Gasteiger charge is -2.21. The fraction of sp³-hybridized carbons (Fsp3) is 0.583. The molecule has 1 aromatic heterocycles. The summed E-state index contributed by atoms with van der Waals surface area (Å²) < 4.78 is 0. The van der Waals surface area contributed by atoms with Crippen molar-refractivity contribution in [2.75, 3.05) is 38.1 Å². The number of likely N-dealkylation sites (N-methyl/N-ethyl adjacent to an activating group) is 1. The maximum atomic E-state index is 5.75.